The number of carbonyl (C=O) groups excluding carboxylic acids is 1. The third-order valence-corrected chi connectivity index (χ3v) is 5.00. The maximum Gasteiger partial charge on any atom is 0.323 e. The van der Waals surface area contributed by atoms with Crippen LogP contribution in [0.2, 0.25) is 0 Å². The standard InChI is InChI=1S/C25H25N5O2/c1-25(2,3)19-10-12-20(13-11-19)27-24(31)28-21-9-5-4-7-17(21)15-22-29-23(30-32-22)18-8-6-14-26-16-18/h4-14,16H,15H2,1-3H3,(H2,27,28,31). The summed E-state index contributed by atoms with van der Waals surface area (Å²) in [4.78, 5) is 21.1. The van der Waals surface area contributed by atoms with E-state index in [0.717, 1.165) is 16.8 Å². The highest BCUT2D eigenvalue weighted by molar-refractivity contribution is 6.00. The topological polar surface area (TPSA) is 92.9 Å². The van der Waals surface area contributed by atoms with E-state index in [1.165, 1.54) is 5.56 Å². The van der Waals surface area contributed by atoms with Crippen LogP contribution in [0.15, 0.2) is 77.6 Å². The Morgan fingerprint density at radius 2 is 1.75 bits per heavy atom. The number of benzene rings is 2. The summed E-state index contributed by atoms with van der Waals surface area (Å²) in [5.74, 6) is 0.936. The second-order valence-electron chi connectivity index (χ2n) is 8.49. The van der Waals surface area contributed by atoms with Crippen molar-refractivity contribution in [1.82, 2.24) is 15.1 Å². The average molecular weight is 428 g/mol. The van der Waals surface area contributed by atoms with Crippen molar-refractivity contribution >= 4 is 17.4 Å². The molecule has 2 N–H and O–H groups in total. The van der Waals surface area contributed by atoms with Gasteiger partial charge in [0.15, 0.2) is 0 Å². The molecular weight excluding hydrogens is 402 g/mol. The molecule has 0 saturated heterocycles. The lowest BCUT2D eigenvalue weighted by molar-refractivity contribution is 0.262. The fraction of sp³-hybridized carbons (Fsp3) is 0.200. The second kappa shape index (κ2) is 9.01. The van der Waals surface area contributed by atoms with Crippen molar-refractivity contribution in [3.63, 3.8) is 0 Å². The van der Waals surface area contributed by atoms with Gasteiger partial charge in [-0.1, -0.05) is 56.3 Å². The lowest BCUT2D eigenvalue weighted by Crippen LogP contribution is -2.20. The summed E-state index contributed by atoms with van der Waals surface area (Å²) in [6, 6.07) is 18.8. The molecule has 0 saturated carbocycles. The zero-order valence-electron chi connectivity index (χ0n) is 18.3. The maximum atomic E-state index is 12.6. The van der Waals surface area contributed by atoms with Crippen molar-refractivity contribution in [3.8, 4) is 11.4 Å². The van der Waals surface area contributed by atoms with Gasteiger partial charge in [0.25, 0.3) is 0 Å². The molecule has 32 heavy (non-hydrogen) atoms. The first-order valence-electron chi connectivity index (χ1n) is 10.4. The molecule has 7 heteroatoms. The van der Waals surface area contributed by atoms with Crippen molar-refractivity contribution in [2.75, 3.05) is 10.6 Å². The van der Waals surface area contributed by atoms with Gasteiger partial charge >= 0.3 is 6.03 Å². The van der Waals surface area contributed by atoms with E-state index in [1.54, 1.807) is 12.4 Å². The Kier molecular flexibility index (Phi) is 5.98. The molecule has 2 amide bonds. The van der Waals surface area contributed by atoms with Crippen molar-refractivity contribution in [2.24, 2.45) is 0 Å². The molecule has 162 valence electrons. The molecule has 0 bridgehead atoms. The van der Waals surface area contributed by atoms with Crippen molar-refractivity contribution in [3.05, 3.63) is 90.1 Å². The quantitative estimate of drug-likeness (QED) is 0.428. The van der Waals surface area contributed by atoms with Crippen LogP contribution in [0.5, 0.6) is 0 Å². The number of para-hydroxylation sites is 1. The maximum absolute atomic E-state index is 12.6. The van der Waals surface area contributed by atoms with E-state index in [-0.39, 0.29) is 11.4 Å². The van der Waals surface area contributed by atoms with Gasteiger partial charge in [0.05, 0.1) is 6.42 Å². The number of aromatic nitrogens is 3. The van der Waals surface area contributed by atoms with Gasteiger partial charge < -0.3 is 15.2 Å². The number of amides is 2. The Bertz CT molecular complexity index is 1190. The summed E-state index contributed by atoms with van der Waals surface area (Å²) in [5.41, 5.74) is 4.33. The lowest BCUT2D eigenvalue weighted by Gasteiger charge is -2.19. The van der Waals surface area contributed by atoms with Gasteiger partial charge in [0.2, 0.25) is 11.7 Å². The molecule has 0 aliphatic carbocycles. The molecule has 2 heterocycles. The summed E-state index contributed by atoms with van der Waals surface area (Å²) in [6.45, 7) is 6.46. The molecule has 2 aromatic heterocycles. The van der Waals surface area contributed by atoms with Gasteiger partial charge in [-0.2, -0.15) is 4.98 Å². The fourth-order valence-electron chi connectivity index (χ4n) is 3.24. The van der Waals surface area contributed by atoms with Crippen LogP contribution in [0.3, 0.4) is 0 Å². The Hall–Kier alpha value is -4.00. The molecule has 0 atom stereocenters. The summed E-state index contributed by atoms with van der Waals surface area (Å²) in [6.07, 6.45) is 3.77. The number of rotatable bonds is 5. The van der Waals surface area contributed by atoms with Crippen LogP contribution in [0.1, 0.15) is 37.8 Å². The SMILES string of the molecule is CC(C)(C)c1ccc(NC(=O)Nc2ccccc2Cc2nc(-c3cccnc3)no2)cc1. The van der Waals surface area contributed by atoms with Gasteiger partial charge in [0.1, 0.15) is 0 Å². The van der Waals surface area contributed by atoms with E-state index in [9.17, 15) is 4.79 Å². The predicted octanol–water partition coefficient (Wildman–Crippen LogP) is 5.66. The predicted molar refractivity (Wildman–Crippen MR) is 125 cm³/mol. The Morgan fingerprint density at radius 3 is 2.47 bits per heavy atom. The minimum atomic E-state index is -0.317. The average Bonchev–Trinajstić information content (AvgIpc) is 3.24. The number of nitrogens with zero attached hydrogens (tertiary/aromatic N) is 3. The van der Waals surface area contributed by atoms with Crippen LogP contribution in [0.25, 0.3) is 11.4 Å². The van der Waals surface area contributed by atoms with Crippen molar-refractivity contribution in [1.29, 1.82) is 0 Å². The first-order valence-corrected chi connectivity index (χ1v) is 10.4. The van der Waals surface area contributed by atoms with Gasteiger partial charge in [-0.25, -0.2) is 4.79 Å². The molecule has 7 nitrogen and oxygen atoms in total. The van der Waals surface area contributed by atoms with Crippen LogP contribution in [0, 0.1) is 0 Å². The largest absolute Gasteiger partial charge is 0.339 e. The van der Waals surface area contributed by atoms with E-state index >= 15 is 0 Å². The molecule has 0 aliphatic rings. The molecule has 0 aliphatic heterocycles. The number of hydrogen-bond acceptors (Lipinski definition) is 5. The van der Waals surface area contributed by atoms with Gasteiger partial charge in [-0.3, -0.25) is 4.98 Å². The third-order valence-electron chi connectivity index (χ3n) is 5.00. The third kappa shape index (κ3) is 5.18. The summed E-state index contributed by atoms with van der Waals surface area (Å²) in [5, 5.41) is 9.82. The summed E-state index contributed by atoms with van der Waals surface area (Å²) in [7, 11) is 0. The first kappa shape index (κ1) is 21.2. The summed E-state index contributed by atoms with van der Waals surface area (Å²) < 4.78 is 5.40. The number of nitrogens with one attached hydrogen (secondary N) is 2. The lowest BCUT2D eigenvalue weighted by atomic mass is 9.87. The van der Waals surface area contributed by atoms with Gasteiger partial charge in [-0.15, -0.1) is 0 Å². The highest BCUT2D eigenvalue weighted by atomic mass is 16.5. The van der Waals surface area contributed by atoms with Crippen LogP contribution in [-0.4, -0.2) is 21.2 Å². The molecule has 2 aromatic carbocycles. The number of urea groups is 1. The van der Waals surface area contributed by atoms with E-state index < -0.39 is 0 Å². The van der Waals surface area contributed by atoms with E-state index in [2.05, 4.69) is 46.5 Å². The Labute approximate surface area is 186 Å². The molecule has 4 rings (SSSR count). The van der Waals surface area contributed by atoms with E-state index in [0.29, 0.717) is 23.8 Å². The molecule has 0 fully saturated rings. The highest BCUT2D eigenvalue weighted by Crippen LogP contribution is 2.24. The van der Waals surface area contributed by atoms with Crippen molar-refractivity contribution < 1.29 is 9.32 Å². The van der Waals surface area contributed by atoms with E-state index in [1.807, 2.05) is 60.7 Å². The minimum Gasteiger partial charge on any atom is -0.339 e. The number of hydrogen-bond donors (Lipinski definition) is 2. The smallest absolute Gasteiger partial charge is 0.323 e. The molecule has 4 aromatic rings. The van der Waals surface area contributed by atoms with Gasteiger partial charge in [-0.05, 0) is 46.9 Å². The fourth-order valence-corrected chi connectivity index (χ4v) is 3.24. The second-order valence-corrected chi connectivity index (χ2v) is 8.49. The van der Waals surface area contributed by atoms with E-state index in [4.69, 9.17) is 4.52 Å². The Morgan fingerprint density at radius 1 is 0.969 bits per heavy atom. The highest BCUT2D eigenvalue weighted by Gasteiger charge is 2.15. The molecule has 0 radical (unpaired) electrons. The van der Waals surface area contributed by atoms with Crippen molar-refractivity contribution in [2.45, 2.75) is 32.6 Å². The minimum absolute atomic E-state index is 0.0609. The molecular formula is C25H25N5O2. The monoisotopic (exact) mass is 427 g/mol. The molecule has 0 unspecified atom stereocenters. The Balaban J connectivity index is 1.43. The van der Waals surface area contributed by atoms with Gasteiger partial charge in [0, 0.05) is 29.3 Å². The van der Waals surface area contributed by atoms with Crippen LogP contribution in [0.4, 0.5) is 16.2 Å². The van der Waals surface area contributed by atoms with Crippen LogP contribution >= 0.6 is 0 Å². The zero-order chi connectivity index (χ0) is 22.6. The molecule has 0 spiro atoms. The number of anilines is 2. The van der Waals surface area contributed by atoms with Crippen LogP contribution in [-0.2, 0) is 11.8 Å². The number of pyridine rings is 1. The zero-order valence-corrected chi connectivity index (χ0v) is 18.3. The first-order chi connectivity index (χ1) is 15.4. The normalized spacial score (nSPS) is 11.2. The van der Waals surface area contributed by atoms with Crippen LogP contribution < -0.4 is 10.6 Å². The summed E-state index contributed by atoms with van der Waals surface area (Å²) >= 11 is 0. The number of carbonyl (C=O) groups is 1.